The highest BCUT2D eigenvalue weighted by Gasteiger charge is 2.31. The van der Waals surface area contributed by atoms with Crippen molar-refractivity contribution in [2.75, 3.05) is 30.2 Å². The van der Waals surface area contributed by atoms with Gasteiger partial charge >= 0.3 is 0 Å². The van der Waals surface area contributed by atoms with Crippen molar-refractivity contribution in [3.8, 4) is 0 Å². The topological polar surface area (TPSA) is 75.7 Å². The Morgan fingerprint density at radius 2 is 2.05 bits per heavy atom. The van der Waals surface area contributed by atoms with Crippen molar-refractivity contribution < 1.29 is 17.9 Å². The number of benzene rings is 1. The predicted molar refractivity (Wildman–Crippen MR) is 85.5 cm³/mol. The molecule has 1 amide bonds. The zero-order valence-corrected chi connectivity index (χ0v) is 13.9. The molecule has 0 spiro atoms. The molecule has 1 heterocycles. The fourth-order valence-electron chi connectivity index (χ4n) is 2.36. The van der Waals surface area contributed by atoms with E-state index in [0.29, 0.717) is 30.9 Å². The van der Waals surface area contributed by atoms with Gasteiger partial charge in [-0.3, -0.25) is 9.52 Å². The van der Waals surface area contributed by atoms with E-state index < -0.39 is 15.6 Å². The number of carbonyl (C=O) groups excluding carboxylic acids is 1. The molecular formula is C15H22N2O4S. The monoisotopic (exact) mass is 326 g/mol. The van der Waals surface area contributed by atoms with Gasteiger partial charge in [-0.2, -0.15) is 0 Å². The second-order valence-electron chi connectivity index (χ2n) is 5.89. The zero-order valence-electron chi connectivity index (χ0n) is 13.1. The largest absolute Gasteiger partial charge is 0.372 e. The van der Waals surface area contributed by atoms with Crippen LogP contribution >= 0.6 is 0 Å². The van der Waals surface area contributed by atoms with Gasteiger partial charge in [-0.05, 0) is 32.9 Å². The lowest BCUT2D eigenvalue weighted by atomic mass is 10.1. The van der Waals surface area contributed by atoms with Crippen molar-refractivity contribution in [1.82, 2.24) is 4.90 Å². The van der Waals surface area contributed by atoms with Crippen molar-refractivity contribution >= 4 is 21.6 Å². The van der Waals surface area contributed by atoms with Gasteiger partial charge in [-0.1, -0.05) is 12.1 Å². The molecule has 1 fully saturated rings. The highest BCUT2D eigenvalue weighted by atomic mass is 32.2. The third-order valence-corrected chi connectivity index (χ3v) is 4.81. The number of nitrogens with one attached hydrogen (secondary N) is 1. The molecule has 7 heteroatoms. The van der Waals surface area contributed by atoms with Gasteiger partial charge in [-0.15, -0.1) is 0 Å². The molecule has 0 bridgehead atoms. The van der Waals surface area contributed by atoms with E-state index in [0.717, 1.165) is 0 Å². The maximum Gasteiger partial charge on any atom is 0.256 e. The number of morpholine rings is 1. The van der Waals surface area contributed by atoms with E-state index in [1.54, 1.807) is 36.1 Å². The number of sulfonamides is 1. The molecule has 0 aromatic heterocycles. The van der Waals surface area contributed by atoms with E-state index in [1.807, 2.05) is 13.8 Å². The summed E-state index contributed by atoms with van der Waals surface area (Å²) in [6, 6.07) is 6.67. The van der Waals surface area contributed by atoms with Crippen LogP contribution in [-0.2, 0) is 14.8 Å². The van der Waals surface area contributed by atoms with Gasteiger partial charge in [0.25, 0.3) is 5.91 Å². The van der Waals surface area contributed by atoms with E-state index in [9.17, 15) is 13.2 Å². The van der Waals surface area contributed by atoms with Crippen LogP contribution in [0.3, 0.4) is 0 Å². The Bertz CT molecular complexity index is 655. The summed E-state index contributed by atoms with van der Waals surface area (Å²) >= 11 is 0. The molecule has 0 aliphatic carbocycles. The molecule has 6 nitrogen and oxygen atoms in total. The van der Waals surface area contributed by atoms with Gasteiger partial charge in [0.05, 0.1) is 29.2 Å². The summed E-state index contributed by atoms with van der Waals surface area (Å²) in [6.07, 6.45) is 0. The first-order valence-electron chi connectivity index (χ1n) is 7.27. The predicted octanol–water partition coefficient (Wildman–Crippen LogP) is 1.70. The lowest BCUT2D eigenvalue weighted by Crippen LogP contribution is -2.50. The Balaban J connectivity index is 2.27. The molecule has 1 saturated heterocycles. The molecular weight excluding hydrogens is 304 g/mol. The Morgan fingerprint density at radius 3 is 2.68 bits per heavy atom. The molecule has 2 rings (SSSR count). The number of para-hydroxylation sites is 1. The summed E-state index contributed by atoms with van der Waals surface area (Å²) in [7, 11) is -3.43. The Kier molecular flexibility index (Phi) is 4.77. The number of ether oxygens (including phenoxy) is 1. The van der Waals surface area contributed by atoms with E-state index >= 15 is 0 Å². The van der Waals surface area contributed by atoms with Crippen LogP contribution in [0, 0.1) is 0 Å². The first-order valence-corrected chi connectivity index (χ1v) is 8.92. The second-order valence-corrected chi connectivity index (χ2v) is 7.90. The average molecular weight is 326 g/mol. The van der Waals surface area contributed by atoms with Crippen molar-refractivity contribution in [1.29, 1.82) is 0 Å². The zero-order chi connectivity index (χ0) is 16.4. The minimum absolute atomic E-state index is 0.0416. The molecule has 0 saturated carbocycles. The summed E-state index contributed by atoms with van der Waals surface area (Å²) < 4.78 is 31.6. The van der Waals surface area contributed by atoms with Gasteiger partial charge in [-0.25, -0.2) is 8.42 Å². The summed E-state index contributed by atoms with van der Waals surface area (Å²) in [5.74, 6) is -0.231. The molecule has 1 aromatic rings. The number of amides is 1. The first kappa shape index (κ1) is 16.8. The van der Waals surface area contributed by atoms with Gasteiger partial charge < -0.3 is 9.64 Å². The third-order valence-electron chi connectivity index (χ3n) is 3.52. The van der Waals surface area contributed by atoms with Gasteiger partial charge in [0.1, 0.15) is 0 Å². The Labute approximate surface area is 131 Å². The van der Waals surface area contributed by atoms with Crippen LogP contribution in [0.2, 0.25) is 0 Å². The molecule has 22 heavy (non-hydrogen) atoms. The Hall–Kier alpha value is -1.60. The molecule has 0 atom stereocenters. The van der Waals surface area contributed by atoms with Crippen molar-refractivity contribution in [3.05, 3.63) is 29.8 Å². The first-order chi connectivity index (χ1) is 10.2. The van der Waals surface area contributed by atoms with E-state index in [4.69, 9.17) is 4.74 Å². The number of hydrogen-bond acceptors (Lipinski definition) is 4. The van der Waals surface area contributed by atoms with E-state index in [2.05, 4.69) is 4.72 Å². The van der Waals surface area contributed by atoms with Crippen LogP contribution in [0.1, 0.15) is 31.1 Å². The highest BCUT2D eigenvalue weighted by Crippen LogP contribution is 2.23. The van der Waals surface area contributed by atoms with Crippen LogP contribution < -0.4 is 4.72 Å². The van der Waals surface area contributed by atoms with Crippen LogP contribution in [0.5, 0.6) is 0 Å². The molecule has 0 unspecified atom stereocenters. The average Bonchev–Trinajstić information content (AvgIpc) is 2.46. The van der Waals surface area contributed by atoms with Gasteiger partial charge in [0.15, 0.2) is 0 Å². The number of nitrogens with zero attached hydrogens (tertiary/aromatic N) is 1. The van der Waals surface area contributed by atoms with E-state index in [-0.39, 0.29) is 11.7 Å². The molecule has 1 aliphatic heterocycles. The van der Waals surface area contributed by atoms with Crippen molar-refractivity contribution in [2.24, 2.45) is 0 Å². The lowest BCUT2D eigenvalue weighted by molar-refractivity contribution is -0.0763. The van der Waals surface area contributed by atoms with Crippen LogP contribution in [0.25, 0.3) is 0 Å². The molecule has 1 N–H and O–H groups in total. The quantitative estimate of drug-likeness (QED) is 0.914. The normalized spacial score (nSPS) is 18.0. The molecule has 122 valence electrons. The van der Waals surface area contributed by atoms with E-state index in [1.165, 1.54) is 0 Å². The molecule has 1 aromatic carbocycles. The fraction of sp³-hybridized carbons (Fsp3) is 0.533. The maximum atomic E-state index is 12.7. The minimum atomic E-state index is -3.43. The fourth-order valence-corrected chi connectivity index (χ4v) is 3.02. The molecule has 0 radical (unpaired) electrons. The molecule has 1 aliphatic rings. The van der Waals surface area contributed by atoms with Gasteiger partial charge in [0, 0.05) is 13.1 Å². The summed E-state index contributed by atoms with van der Waals surface area (Å²) in [4.78, 5) is 14.4. The van der Waals surface area contributed by atoms with Crippen LogP contribution in [0.4, 0.5) is 5.69 Å². The van der Waals surface area contributed by atoms with Gasteiger partial charge in [0.2, 0.25) is 10.0 Å². The van der Waals surface area contributed by atoms with Crippen molar-refractivity contribution in [2.45, 2.75) is 26.4 Å². The number of hydrogen-bond donors (Lipinski definition) is 1. The minimum Gasteiger partial charge on any atom is -0.372 e. The van der Waals surface area contributed by atoms with Crippen molar-refractivity contribution in [3.63, 3.8) is 0 Å². The van der Waals surface area contributed by atoms with Crippen LogP contribution in [0.15, 0.2) is 24.3 Å². The number of rotatable bonds is 4. The smallest absolute Gasteiger partial charge is 0.256 e. The standard InChI is InChI=1S/C15H22N2O4S/c1-4-22(19,20)16-13-8-6-5-7-12(13)14(18)17-9-10-21-15(2,3)11-17/h5-8,16H,4,9-11H2,1-3H3. The maximum absolute atomic E-state index is 12.7. The summed E-state index contributed by atoms with van der Waals surface area (Å²) in [6.45, 7) is 6.85. The summed E-state index contributed by atoms with van der Waals surface area (Å²) in [5.41, 5.74) is 0.280. The van der Waals surface area contributed by atoms with Crippen LogP contribution in [-0.4, -0.2) is 50.3 Å². The SMILES string of the molecule is CCS(=O)(=O)Nc1ccccc1C(=O)N1CCOC(C)(C)C1. The third kappa shape index (κ3) is 3.98. The highest BCUT2D eigenvalue weighted by molar-refractivity contribution is 7.92. The number of anilines is 1. The Morgan fingerprint density at radius 1 is 1.36 bits per heavy atom. The second kappa shape index (κ2) is 6.26. The number of carbonyl (C=O) groups is 1. The lowest BCUT2D eigenvalue weighted by Gasteiger charge is -2.38. The summed E-state index contributed by atoms with van der Waals surface area (Å²) in [5, 5.41) is 0.